The maximum Gasteiger partial charge on any atom is 0.340 e. The lowest BCUT2D eigenvalue weighted by atomic mass is 9.98. The molecule has 0 heterocycles. The molecule has 0 aromatic heterocycles. The first-order valence-corrected chi connectivity index (χ1v) is 9.80. The van der Waals surface area contributed by atoms with Gasteiger partial charge in [-0.25, -0.2) is 4.79 Å². The van der Waals surface area contributed by atoms with E-state index in [2.05, 4.69) is 5.32 Å². The Labute approximate surface area is 183 Å². The molecule has 3 rings (SSSR count). The van der Waals surface area contributed by atoms with E-state index in [-0.39, 0.29) is 16.3 Å². The second kappa shape index (κ2) is 9.86. The molecule has 0 fully saturated rings. The molecular formula is C23H19ClN2O5. The van der Waals surface area contributed by atoms with Gasteiger partial charge in [-0.1, -0.05) is 72.3 Å². The highest BCUT2D eigenvalue weighted by Crippen LogP contribution is 2.24. The van der Waals surface area contributed by atoms with E-state index in [1.807, 2.05) is 60.7 Å². The van der Waals surface area contributed by atoms with Gasteiger partial charge in [0.1, 0.15) is 0 Å². The second-order valence-corrected chi connectivity index (χ2v) is 7.14. The Bertz CT molecular complexity index is 1050. The van der Waals surface area contributed by atoms with Crippen molar-refractivity contribution in [3.8, 4) is 0 Å². The highest BCUT2D eigenvalue weighted by molar-refractivity contribution is 6.33. The van der Waals surface area contributed by atoms with Crippen LogP contribution >= 0.6 is 11.6 Å². The summed E-state index contributed by atoms with van der Waals surface area (Å²) in [7, 11) is 0. The standard InChI is InChI=1S/C23H19ClN2O5/c1-15(31-23(28)19-13-12-18(26(29)30)14-20(19)24)22(27)25-21(16-8-4-2-5-9-16)17-10-6-3-7-11-17/h2-15,21H,1H3,(H,25,27)/t15-/m1/s1. The zero-order valence-corrected chi connectivity index (χ0v) is 17.3. The molecule has 0 unspecified atom stereocenters. The van der Waals surface area contributed by atoms with E-state index in [4.69, 9.17) is 16.3 Å². The molecule has 3 aromatic carbocycles. The largest absolute Gasteiger partial charge is 0.449 e. The number of nitro benzene ring substituents is 1. The smallest absolute Gasteiger partial charge is 0.340 e. The Hall–Kier alpha value is -3.71. The summed E-state index contributed by atoms with van der Waals surface area (Å²) in [6, 6.07) is 21.8. The minimum Gasteiger partial charge on any atom is -0.449 e. The lowest BCUT2D eigenvalue weighted by molar-refractivity contribution is -0.384. The Morgan fingerprint density at radius 1 is 0.968 bits per heavy atom. The molecule has 0 radical (unpaired) electrons. The zero-order valence-electron chi connectivity index (χ0n) is 16.5. The van der Waals surface area contributed by atoms with Crippen LogP contribution in [0.15, 0.2) is 78.9 Å². The Morgan fingerprint density at radius 3 is 2.00 bits per heavy atom. The van der Waals surface area contributed by atoms with E-state index in [9.17, 15) is 19.7 Å². The second-order valence-electron chi connectivity index (χ2n) is 6.73. The van der Waals surface area contributed by atoms with Crippen LogP contribution in [0.5, 0.6) is 0 Å². The molecule has 3 aromatic rings. The van der Waals surface area contributed by atoms with Gasteiger partial charge < -0.3 is 10.1 Å². The average Bonchev–Trinajstić information content (AvgIpc) is 2.78. The number of nitro groups is 1. The zero-order chi connectivity index (χ0) is 22.4. The minimum atomic E-state index is -1.12. The van der Waals surface area contributed by atoms with E-state index < -0.39 is 28.9 Å². The molecule has 158 valence electrons. The molecule has 7 nitrogen and oxygen atoms in total. The minimum absolute atomic E-state index is 0.0606. The van der Waals surface area contributed by atoms with Gasteiger partial charge in [-0.05, 0) is 24.1 Å². The SMILES string of the molecule is C[C@@H](OC(=O)c1ccc([N+](=O)[O-])cc1Cl)C(=O)NC(c1ccccc1)c1ccccc1. The van der Waals surface area contributed by atoms with Crippen LogP contribution in [0, 0.1) is 10.1 Å². The number of nitrogens with zero attached hydrogens (tertiary/aromatic N) is 1. The quantitative estimate of drug-likeness (QED) is 0.327. The predicted molar refractivity (Wildman–Crippen MR) is 116 cm³/mol. The van der Waals surface area contributed by atoms with Gasteiger partial charge in [0.25, 0.3) is 11.6 Å². The van der Waals surface area contributed by atoms with Crippen molar-refractivity contribution in [3.63, 3.8) is 0 Å². The van der Waals surface area contributed by atoms with Crippen molar-refractivity contribution in [2.45, 2.75) is 19.1 Å². The third-order valence-corrected chi connectivity index (χ3v) is 4.90. The van der Waals surface area contributed by atoms with E-state index in [0.29, 0.717) is 0 Å². The van der Waals surface area contributed by atoms with Crippen LogP contribution in [0.1, 0.15) is 34.5 Å². The number of carbonyl (C=O) groups is 2. The maximum absolute atomic E-state index is 12.8. The van der Waals surface area contributed by atoms with Gasteiger partial charge in [0, 0.05) is 12.1 Å². The fourth-order valence-corrected chi connectivity index (χ4v) is 3.22. The van der Waals surface area contributed by atoms with Gasteiger partial charge in [-0.3, -0.25) is 14.9 Å². The summed E-state index contributed by atoms with van der Waals surface area (Å²) in [5.74, 6) is -1.34. The molecule has 0 aliphatic carbocycles. The van der Waals surface area contributed by atoms with E-state index in [1.165, 1.54) is 13.0 Å². The number of esters is 1. The monoisotopic (exact) mass is 438 g/mol. The van der Waals surface area contributed by atoms with Gasteiger partial charge in [-0.15, -0.1) is 0 Å². The van der Waals surface area contributed by atoms with Crippen molar-refractivity contribution < 1.29 is 19.2 Å². The average molecular weight is 439 g/mol. The number of nitrogens with one attached hydrogen (secondary N) is 1. The molecule has 8 heteroatoms. The predicted octanol–water partition coefficient (Wildman–Crippen LogP) is 4.70. The molecule has 1 atom stereocenters. The number of carbonyl (C=O) groups excluding carboxylic acids is 2. The summed E-state index contributed by atoms with van der Waals surface area (Å²) in [6.45, 7) is 1.44. The summed E-state index contributed by atoms with van der Waals surface area (Å²) < 4.78 is 5.25. The lowest BCUT2D eigenvalue weighted by Crippen LogP contribution is -2.38. The van der Waals surface area contributed by atoms with Gasteiger partial charge >= 0.3 is 5.97 Å². The van der Waals surface area contributed by atoms with Gasteiger partial charge in [0.2, 0.25) is 0 Å². The molecule has 1 N–H and O–H groups in total. The summed E-state index contributed by atoms with van der Waals surface area (Å²) in [5.41, 5.74) is 1.44. The van der Waals surface area contributed by atoms with E-state index in [1.54, 1.807) is 0 Å². The van der Waals surface area contributed by atoms with E-state index >= 15 is 0 Å². The number of amides is 1. The lowest BCUT2D eigenvalue weighted by Gasteiger charge is -2.22. The van der Waals surface area contributed by atoms with Crippen molar-refractivity contribution in [1.29, 1.82) is 0 Å². The van der Waals surface area contributed by atoms with Crippen molar-refractivity contribution in [1.82, 2.24) is 5.32 Å². The van der Waals surface area contributed by atoms with E-state index in [0.717, 1.165) is 23.3 Å². The topological polar surface area (TPSA) is 98.5 Å². The van der Waals surface area contributed by atoms with Crippen molar-refractivity contribution in [2.75, 3.05) is 0 Å². The fraction of sp³-hybridized carbons (Fsp3) is 0.130. The maximum atomic E-state index is 12.8. The van der Waals surface area contributed by atoms with Crippen LogP contribution in [-0.4, -0.2) is 22.9 Å². The fourth-order valence-electron chi connectivity index (χ4n) is 2.97. The van der Waals surface area contributed by atoms with Crippen LogP contribution < -0.4 is 5.32 Å². The third-order valence-electron chi connectivity index (χ3n) is 4.59. The molecule has 0 aliphatic rings. The molecule has 0 saturated heterocycles. The first kappa shape index (κ1) is 22.0. The Morgan fingerprint density at radius 2 is 1.52 bits per heavy atom. The molecule has 0 bridgehead atoms. The molecule has 0 spiro atoms. The third kappa shape index (κ3) is 5.46. The summed E-state index contributed by atoms with van der Waals surface area (Å²) in [4.78, 5) is 35.4. The van der Waals surface area contributed by atoms with Crippen LogP contribution in [0.3, 0.4) is 0 Å². The number of hydrogen-bond acceptors (Lipinski definition) is 5. The first-order chi connectivity index (χ1) is 14.9. The van der Waals surface area contributed by atoms with Crippen LogP contribution in [0.4, 0.5) is 5.69 Å². The molecule has 31 heavy (non-hydrogen) atoms. The number of benzene rings is 3. The normalized spacial score (nSPS) is 11.6. The van der Waals surface area contributed by atoms with Crippen LogP contribution in [0.2, 0.25) is 5.02 Å². The van der Waals surface area contributed by atoms with Crippen LogP contribution in [0.25, 0.3) is 0 Å². The van der Waals surface area contributed by atoms with Crippen LogP contribution in [-0.2, 0) is 9.53 Å². The number of non-ortho nitro benzene ring substituents is 1. The summed E-state index contributed by atoms with van der Waals surface area (Å²) in [5, 5.41) is 13.6. The molecule has 0 aliphatic heterocycles. The Kier molecular flexibility index (Phi) is 6.99. The molecule has 1 amide bonds. The van der Waals surface area contributed by atoms with Crippen molar-refractivity contribution >= 4 is 29.2 Å². The van der Waals surface area contributed by atoms with Gasteiger partial charge in [0.05, 0.1) is 21.6 Å². The molecular weight excluding hydrogens is 420 g/mol. The van der Waals surface area contributed by atoms with Gasteiger partial charge in [0.15, 0.2) is 6.10 Å². The summed E-state index contributed by atoms with van der Waals surface area (Å²) in [6.07, 6.45) is -1.12. The van der Waals surface area contributed by atoms with Crippen molar-refractivity contribution in [3.05, 3.63) is 111 Å². The number of rotatable bonds is 7. The number of ether oxygens (including phenoxy) is 1. The van der Waals surface area contributed by atoms with Crippen molar-refractivity contribution in [2.24, 2.45) is 0 Å². The Balaban J connectivity index is 1.74. The van der Waals surface area contributed by atoms with Gasteiger partial charge in [-0.2, -0.15) is 0 Å². The number of hydrogen-bond donors (Lipinski definition) is 1. The number of halogens is 1. The highest BCUT2D eigenvalue weighted by atomic mass is 35.5. The first-order valence-electron chi connectivity index (χ1n) is 9.42. The molecule has 0 saturated carbocycles. The highest BCUT2D eigenvalue weighted by Gasteiger charge is 2.25. The summed E-state index contributed by atoms with van der Waals surface area (Å²) >= 11 is 5.97.